The number of carbonyl (C=O) groups is 3. The van der Waals surface area contributed by atoms with Crippen LogP contribution in [0.15, 0.2) is 48.5 Å². The van der Waals surface area contributed by atoms with Crippen LogP contribution >= 0.6 is 0 Å². The fraction of sp³-hybridized carbons (Fsp3) is 0.250. The first-order valence-corrected chi connectivity index (χ1v) is 8.54. The Labute approximate surface area is 158 Å². The van der Waals surface area contributed by atoms with Crippen LogP contribution in [-0.2, 0) is 14.3 Å². The van der Waals surface area contributed by atoms with Crippen LogP contribution in [-0.4, -0.2) is 38.5 Å². The second-order valence-electron chi connectivity index (χ2n) is 5.98. The number of esters is 1. The summed E-state index contributed by atoms with van der Waals surface area (Å²) in [5, 5.41) is 5.26. The van der Waals surface area contributed by atoms with Crippen molar-refractivity contribution in [3.05, 3.63) is 54.1 Å². The van der Waals surface area contributed by atoms with Gasteiger partial charge in [0.05, 0.1) is 17.9 Å². The maximum atomic E-state index is 12.2. The van der Waals surface area contributed by atoms with E-state index in [0.717, 1.165) is 5.69 Å². The molecule has 0 aromatic heterocycles. The van der Waals surface area contributed by atoms with Crippen molar-refractivity contribution in [1.82, 2.24) is 0 Å². The average molecular weight is 369 g/mol. The Morgan fingerprint density at radius 3 is 2.19 bits per heavy atom. The van der Waals surface area contributed by atoms with Crippen LogP contribution in [0.3, 0.4) is 0 Å². The smallest absolute Gasteiger partial charge is 0.340 e. The van der Waals surface area contributed by atoms with Crippen LogP contribution < -0.4 is 15.5 Å². The number of carbonyl (C=O) groups excluding carboxylic acids is 3. The summed E-state index contributed by atoms with van der Waals surface area (Å²) in [4.78, 5) is 38.1. The zero-order chi connectivity index (χ0) is 19.8. The third kappa shape index (κ3) is 5.85. The van der Waals surface area contributed by atoms with Gasteiger partial charge in [-0.05, 0) is 43.3 Å². The number of amides is 2. The van der Waals surface area contributed by atoms with Crippen molar-refractivity contribution in [2.45, 2.75) is 13.3 Å². The maximum Gasteiger partial charge on any atom is 0.340 e. The van der Waals surface area contributed by atoms with Gasteiger partial charge in [0.2, 0.25) is 11.8 Å². The molecule has 0 heterocycles. The van der Waals surface area contributed by atoms with Crippen molar-refractivity contribution in [2.75, 3.05) is 36.2 Å². The fourth-order valence-electron chi connectivity index (χ4n) is 2.37. The summed E-state index contributed by atoms with van der Waals surface area (Å²) in [6.07, 6.45) is -0.368. The summed E-state index contributed by atoms with van der Waals surface area (Å²) >= 11 is 0. The molecular formula is C20H23N3O4. The van der Waals surface area contributed by atoms with Gasteiger partial charge in [0.15, 0.2) is 0 Å². The van der Waals surface area contributed by atoms with Crippen molar-refractivity contribution >= 4 is 34.8 Å². The molecule has 0 aliphatic carbocycles. The number of para-hydroxylation sites is 1. The number of anilines is 3. The minimum Gasteiger partial charge on any atom is -0.462 e. The third-order valence-electron chi connectivity index (χ3n) is 3.69. The van der Waals surface area contributed by atoms with E-state index >= 15 is 0 Å². The zero-order valence-corrected chi connectivity index (χ0v) is 15.6. The number of hydrogen-bond acceptors (Lipinski definition) is 5. The molecule has 2 N–H and O–H groups in total. The van der Waals surface area contributed by atoms with E-state index in [1.165, 1.54) is 0 Å². The van der Waals surface area contributed by atoms with Crippen molar-refractivity contribution in [3.8, 4) is 0 Å². The van der Waals surface area contributed by atoms with Gasteiger partial charge in [-0.25, -0.2) is 4.79 Å². The quantitative estimate of drug-likeness (QED) is 0.579. The largest absolute Gasteiger partial charge is 0.462 e. The highest BCUT2D eigenvalue weighted by Gasteiger charge is 2.16. The molecule has 0 radical (unpaired) electrons. The zero-order valence-electron chi connectivity index (χ0n) is 15.6. The topological polar surface area (TPSA) is 87.7 Å². The molecule has 0 aliphatic heterocycles. The second-order valence-corrected chi connectivity index (χ2v) is 5.98. The molecule has 0 unspecified atom stereocenters. The van der Waals surface area contributed by atoms with E-state index in [4.69, 9.17) is 4.74 Å². The molecule has 7 nitrogen and oxygen atoms in total. The minimum atomic E-state index is -0.529. The van der Waals surface area contributed by atoms with E-state index in [2.05, 4.69) is 10.6 Å². The summed E-state index contributed by atoms with van der Waals surface area (Å²) in [5.41, 5.74) is 2.16. The van der Waals surface area contributed by atoms with Crippen LogP contribution in [0.2, 0.25) is 0 Å². The number of hydrogen-bond donors (Lipinski definition) is 2. The van der Waals surface area contributed by atoms with Gasteiger partial charge in [-0.2, -0.15) is 0 Å². The highest BCUT2D eigenvalue weighted by Crippen LogP contribution is 2.18. The van der Waals surface area contributed by atoms with Gasteiger partial charge >= 0.3 is 5.97 Å². The molecule has 2 aromatic carbocycles. The van der Waals surface area contributed by atoms with Gasteiger partial charge < -0.3 is 20.3 Å². The molecule has 0 aliphatic rings. The van der Waals surface area contributed by atoms with E-state index in [0.29, 0.717) is 11.4 Å². The van der Waals surface area contributed by atoms with Crippen LogP contribution in [0.1, 0.15) is 23.7 Å². The third-order valence-corrected chi connectivity index (χ3v) is 3.69. The van der Waals surface area contributed by atoms with E-state index < -0.39 is 17.8 Å². The van der Waals surface area contributed by atoms with Gasteiger partial charge in [0.1, 0.15) is 6.42 Å². The van der Waals surface area contributed by atoms with Crippen LogP contribution in [0.4, 0.5) is 17.1 Å². The van der Waals surface area contributed by atoms with Gasteiger partial charge in [-0.3, -0.25) is 9.59 Å². The lowest BCUT2D eigenvalue weighted by molar-refractivity contribution is -0.123. The van der Waals surface area contributed by atoms with E-state index in [1.54, 1.807) is 43.3 Å². The highest BCUT2D eigenvalue weighted by atomic mass is 16.5. The summed E-state index contributed by atoms with van der Waals surface area (Å²) in [5.74, 6) is -1.49. The Morgan fingerprint density at radius 2 is 1.56 bits per heavy atom. The molecule has 0 saturated carbocycles. The number of rotatable bonds is 7. The van der Waals surface area contributed by atoms with Gasteiger partial charge in [-0.1, -0.05) is 12.1 Å². The van der Waals surface area contributed by atoms with Crippen molar-refractivity contribution in [2.24, 2.45) is 0 Å². The molecule has 142 valence electrons. The number of benzene rings is 2. The molecule has 2 aromatic rings. The standard InChI is InChI=1S/C20H23N3O4/c1-4-27-20(26)16-7-5-6-8-17(16)22-19(25)13-18(24)21-14-9-11-15(12-10-14)23(2)3/h5-12H,4,13H2,1-3H3,(H,21,24)(H,22,25). The lowest BCUT2D eigenvalue weighted by Gasteiger charge is -2.13. The molecule has 2 amide bonds. The predicted octanol–water partition coefficient (Wildman–Crippen LogP) is 2.90. The van der Waals surface area contributed by atoms with E-state index in [9.17, 15) is 14.4 Å². The molecule has 7 heteroatoms. The summed E-state index contributed by atoms with van der Waals surface area (Å²) in [6.45, 7) is 1.94. The summed E-state index contributed by atoms with van der Waals surface area (Å²) in [6, 6.07) is 13.8. The molecule has 0 fully saturated rings. The Kier molecular flexibility index (Phi) is 6.93. The molecule has 0 bridgehead atoms. The lowest BCUT2D eigenvalue weighted by Crippen LogP contribution is -2.22. The maximum absolute atomic E-state index is 12.2. The van der Waals surface area contributed by atoms with Crippen LogP contribution in [0, 0.1) is 0 Å². The van der Waals surface area contributed by atoms with E-state index in [-0.39, 0.29) is 18.6 Å². The Bertz CT molecular complexity index is 816. The minimum absolute atomic E-state index is 0.232. The SMILES string of the molecule is CCOC(=O)c1ccccc1NC(=O)CC(=O)Nc1ccc(N(C)C)cc1. The van der Waals surface area contributed by atoms with Crippen molar-refractivity contribution in [3.63, 3.8) is 0 Å². The number of nitrogens with one attached hydrogen (secondary N) is 2. The highest BCUT2D eigenvalue weighted by molar-refractivity contribution is 6.10. The Hall–Kier alpha value is -3.35. The second kappa shape index (κ2) is 9.38. The predicted molar refractivity (Wildman–Crippen MR) is 105 cm³/mol. The number of ether oxygens (including phenoxy) is 1. The van der Waals surface area contributed by atoms with Crippen LogP contribution in [0.5, 0.6) is 0 Å². The van der Waals surface area contributed by atoms with Gasteiger partial charge in [0, 0.05) is 25.5 Å². The average Bonchev–Trinajstić information content (AvgIpc) is 2.62. The van der Waals surface area contributed by atoms with Gasteiger partial charge in [0.25, 0.3) is 0 Å². The molecular weight excluding hydrogens is 346 g/mol. The Balaban J connectivity index is 1.95. The molecule has 2 rings (SSSR count). The van der Waals surface area contributed by atoms with E-state index in [1.807, 2.05) is 31.1 Å². The van der Waals surface area contributed by atoms with Gasteiger partial charge in [-0.15, -0.1) is 0 Å². The molecule has 0 spiro atoms. The normalized spacial score (nSPS) is 10.0. The fourth-order valence-corrected chi connectivity index (χ4v) is 2.37. The molecule has 0 atom stereocenters. The summed E-state index contributed by atoms with van der Waals surface area (Å²) in [7, 11) is 3.85. The first-order valence-electron chi connectivity index (χ1n) is 8.54. The Morgan fingerprint density at radius 1 is 0.926 bits per heavy atom. The van der Waals surface area contributed by atoms with Crippen molar-refractivity contribution < 1.29 is 19.1 Å². The first kappa shape index (κ1) is 20.0. The lowest BCUT2D eigenvalue weighted by atomic mass is 10.1. The van der Waals surface area contributed by atoms with Crippen molar-refractivity contribution in [1.29, 1.82) is 0 Å². The number of nitrogens with zero attached hydrogens (tertiary/aromatic N) is 1. The van der Waals surface area contributed by atoms with Crippen LogP contribution in [0.25, 0.3) is 0 Å². The first-order chi connectivity index (χ1) is 12.9. The molecule has 0 saturated heterocycles. The molecule has 27 heavy (non-hydrogen) atoms. The summed E-state index contributed by atoms with van der Waals surface area (Å²) < 4.78 is 4.96. The monoisotopic (exact) mass is 369 g/mol.